The van der Waals surface area contributed by atoms with Gasteiger partial charge in [-0.3, -0.25) is 14.9 Å². The van der Waals surface area contributed by atoms with Crippen molar-refractivity contribution in [2.75, 3.05) is 13.4 Å². The Bertz CT molecular complexity index is 931. The molecule has 2 aromatic rings. The van der Waals surface area contributed by atoms with Crippen LogP contribution in [0.2, 0.25) is 5.02 Å². The minimum absolute atomic E-state index is 0.00860. The fourth-order valence-corrected chi connectivity index (χ4v) is 2.39. The van der Waals surface area contributed by atoms with Crippen molar-refractivity contribution in [3.8, 4) is 17.2 Å². The zero-order valence-corrected chi connectivity index (χ0v) is 14.9. The molecule has 0 bridgehead atoms. The number of hydrazone groups is 1. The van der Waals surface area contributed by atoms with Crippen LogP contribution in [0.5, 0.6) is 17.2 Å². The van der Waals surface area contributed by atoms with Gasteiger partial charge in [0, 0.05) is 5.02 Å². The van der Waals surface area contributed by atoms with E-state index in [2.05, 4.69) is 10.5 Å². The Morgan fingerprint density at radius 1 is 1.37 bits per heavy atom. The largest absolute Gasteiger partial charge is 0.484 e. The Balaban J connectivity index is 1.60. The van der Waals surface area contributed by atoms with E-state index in [1.54, 1.807) is 18.2 Å². The lowest BCUT2D eigenvalue weighted by Gasteiger charge is -2.06. The van der Waals surface area contributed by atoms with E-state index in [-0.39, 0.29) is 30.4 Å². The second kappa shape index (κ2) is 7.92. The van der Waals surface area contributed by atoms with Crippen molar-refractivity contribution in [1.29, 1.82) is 0 Å². The van der Waals surface area contributed by atoms with Gasteiger partial charge in [0.2, 0.25) is 6.79 Å². The van der Waals surface area contributed by atoms with E-state index in [0.29, 0.717) is 16.5 Å². The number of carbonyl (C=O) groups excluding carboxylic acids is 1. The molecule has 0 fully saturated rings. The first-order valence-corrected chi connectivity index (χ1v) is 8.10. The summed E-state index contributed by atoms with van der Waals surface area (Å²) in [4.78, 5) is 22.4. The molecule has 0 spiro atoms. The number of fused-ring (bicyclic) bond motifs is 1. The smallest absolute Gasteiger partial charge is 0.282 e. The topological polar surface area (TPSA) is 112 Å². The average Bonchev–Trinajstić information content (AvgIpc) is 3.09. The maximum absolute atomic E-state index is 11.8. The quantitative estimate of drug-likeness (QED) is 0.460. The molecule has 0 saturated carbocycles. The van der Waals surface area contributed by atoms with E-state index >= 15 is 0 Å². The number of halogens is 1. The van der Waals surface area contributed by atoms with Gasteiger partial charge in [-0.2, -0.15) is 5.10 Å². The van der Waals surface area contributed by atoms with Gasteiger partial charge < -0.3 is 14.2 Å². The van der Waals surface area contributed by atoms with E-state index in [1.807, 2.05) is 6.92 Å². The van der Waals surface area contributed by atoms with Crippen LogP contribution in [0.3, 0.4) is 0 Å². The fraction of sp³-hybridized carbons (Fsp3) is 0.176. The highest BCUT2D eigenvalue weighted by atomic mass is 35.5. The molecule has 0 unspecified atom stereocenters. The minimum atomic E-state index is -0.572. The zero-order chi connectivity index (χ0) is 19.4. The number of aryl methyl sites for hydroxylation is 1. The summed E-state index contributed by atoms with van der Waals surface area (Å²) in [5.41, 5.74) is 3.02. The molecule has 1 aliphatic heterocycles. The monoisotopic (exact) mass is 391 g/mol. The lowest BCUT2D eigenvalue weighted by molar-refractivity contribution is -0.385. The van der Waals surface area contributed by atoms with Gasteiger partial charge in [0.25, 0.3) is 11.6 Å². The third kappa shape index (κ3) is 4.45. The van der Waals surface area contributed by atoms with Crippen molar-refractivity contribution in [3.63, 3.8) is 0 Å². The standard InChI is InChI=1S/C17H14ClN3O6/c1-10-4-12(2-3-13(10)18)25-8-17(22)20-19-7-11-5-15-16(27-9-26-15)6-14(11)21(23)24/h2-7H,8-9H2,1H3,(H,20,22)/b19-7+. The van der Waals surface area contributed by atoms with E-state index in [9.17, 15) is 14.9 Å². The highest BCUT2D eigenvalue weighted by Gasteiger charge is 2.22. The van der Waals surface area contributed by atoms with Crippen molar-refractivity contribution in [1.82, 2.24) is 5.43 Å². The summed E-state index contributed by atoms with van der Waals surface area (Å²) in [5, 5.41) is 15.5. The van der Waals surface area contributed by atoms with Crippen molar-refractivity contribution < 1.29 is 23.9 Å². The van der Waals surface area contributed by atoms with E-state index in [1.165, 1.54) is 12.1 Å². The Morgan fingerprint density at radius 2 is 2.11 bits per heavy atom. The van der Waals surface area contributed by atoms with Crippen LogP contribution < -0.4 is 19.6 Å². The lowest BCUT2D eigenvalue weighted by atomic mass is 10.1. The molecule has 0 saturated heterocycles. The molecule has 10 heteroatoms. The van der Waals surface area contributed by atoms with Gasteiger partial charge in [-0.05, 0) is 36.8 Å². The second-order valence-electron chi connectivity index (χ2n) is 5.51. The number of nitro groups is 1. The summed E-state index contributed by atoms with van der Waals surface area (Å²) >= 11 is 5.92. The van der Waals surface area contributed by atoms with E-state index < -0.39 is 10.8 Å². The van der Waals surface area contributed by atoms with Crippen molar-refractivity contribution in [2.24, 2.45) is 5.10 Å². The fourth-order valence-electron chi connectivity index (χ4n) is 2.27. The van der Waals surface area contributed by atoms with Gasteiger partial charge in [-0.1, -0.05) is 11.6 Å². The first-order valence-electron chi connectivity index (χ1n) is 7.73. The number of benzene rings is 2. The van der Waals surface area contributed by atoms with Crippen LogP contribution in [0.15, 0.2) is 35.4 Å². The molecule has 140 valence electrons. The Morgan fingerprint density at radius 3 is 2.81 bits per heavy atom. The third-order valence-corrected chi connectivity index (χ3v) is 4.03. The highest BCUT2D eigenvalue weighted by Crippen LogP contribution is 2.37. The number of hydrogen-bond donors (Lipinski definition) is 1. The molecular formula is C17H14ClN3O6. The summed E-state index contributed by atoms with van der Waals surface area (Å²) in [7, 11) is 0. The van der Waals surface area contributed by atoms with Gasteiger partial charge in [-0.25, -0.2) is 5.43 Å². The zero-order valence-electron chi connectivity index (χ0n) is 14.1. The van der Waals surface area contributed by atoms with Crippen LogP contribution in [0, 0.1) is 17.0 Å². The van der Waals surface area contributed by atoms with Gasteiger partial charge in [0.15, 0.2) is 18.1 Å². The molecule has 0 atom stereocenters. The van der Waals surface area contributed by atoms with Crippen molar-refractivity contribution >= 4 is 29.4 Å². The molecule has 1 aliphatic rings. The summed E-state index contributed by atoms with van der Waals surface area (Å²) in [6.45, 7) is 1.53. The number of hydrogen-bond acceptors (Lipinski definition) is 7. The predicted molar refractivity (Wildman–Crippen MR) is 96.6 cm³/mol. The Kier molecular flexibility index (Phi) is 5.41. The molecule has 0 radical (unpaired) electrons. The van der Waals surface area contributed by atoms with Gasteiger partial charge >= 0.3 is 0 Å². The molecule has 0 aliphatic carbocycles. The van der Waals surface area contributed by atoms with Gasteiger partial charge in [0.1, 0.15) is 5.75 Å². The van der Waals surface area contributed by atoms with Crippen LogP contribution >= 0.6 is 11.6 Å². The molecule has 0 aromatic heterocycles. The highest BCUT2D eigenvalue weighted by molar-refractivity contribution is 6.31. The van der Waals surface area contributed by atoms with E-state index in [4.69, 9.17) is 25.8 Å². The molecule has 1 N–H and O–H groups in total. The van der Waals surface area contributed by atoms with Crippen LogP contribution in [0.4, 0.5) is 5.69 Å². The Hall–Kier alpha value is -3.33. The number of nitrogens with one attached hydrogen (secondary N) is 1. The number of nitro benzene ring substituents is 1. The number of amides is 1. The predicted octanol–water partition coefficient (Wildman–Crippen LogP) is 2.81. The maximum atomic E-state index is 11.8. The van der Waals surface area contributed by atoms with Crippen LogP contribution in [-0.4, -0.2) is 30.4 Å². The van der Waals surface area contributed by atoms with Crippen molar-refractivity contribution in [2.45, 2.75) is 6.92 Å². The third-order valence-electron chi connectivity index (χ3n) is 3.61. The summed E-state index contributed by atoms with van der Waals surface area (Å²) in [6.07, 6.45) is 1.16. The van der Waals surface area contributed by atoms with Gasteiger partial charge in [0.05, 0.1) is 22.8 Å². The summed E-state index contributed by atoms with van der Waals surface area (Å²) < 4.78 is 15.6. The molecule has 1 heterocycles. The van der Waals surface area contributed by atoms with Crippen molar-refractivity contribution in [3.05, 3.63) is 56.6 Å². The molecule has 9 nitrogen and oxygen atoms in total. The molecular weight excluding hydrogens is 378 g/mol. The molecule has 27 heavy (non-hydrogen) atoms. The number of rotatable bonds is 6. The van der Waals surface area contributed by atoms with E-state index in [0.717, 1.165) is 11.8 Å². The van der Waals surface area contributed by atoms with Crippen LogP contribution in [0.1, 0.15) is 11.1 Å². The molecule has 2 aromatic carbocycles. The van der Waals surface area contributed by atoms with Crippen LogP contribution in [-0.2, 0) is 4.79 Å². The SMILES string of the molecule is Cc1cc(OCC(=O)N/N=C/c2cc3c(cc2[N+](=O)[O-])OCO3)ccc1Cl. The molecule has 1 amide bonds. The Labute approximate surface area is 158 Å². The first-order chi connectivity index (χ1) is 12.9. The normalized spacial score (nSPS) is 12.2. The average molecular weight is 392 g/mol. The number of carbonyl (C=O) groups is 1. The maximum Gasteiger partial charge on any atom is 0.282 e. The number of ether oxygens (including phenoxy) is 3. The van der Waals surface area contributed by atoms with Gasteiger partial charge in [-0.15, -0.1) is 0 Å². The lowest BCUT2D eigenvalue weighted by Crippen LogP contribution is -2.24. The molecule has 3 rings (SSSR count). The van der Waals surface area contributed by atoms with Crippen LogP contribution in [0.25, 0.3) is 0 Å². The summed E-state index contributed by atoms with van der Waals surface area (Å²) in [5.74, 6) is 0.619. The first kappa shape index (κ1) is 18.5. The minimum Gasteiger partial charge on any atom is -0.484 e. The second-order valence-corrected chi connectivity index (χ2v) is 5.92. The summed E-state index contributed by atoms with van der Waals surface area (Å²) in [6, 6.07) is 7.68. The number of nitrogens with zero attached hydrogens (tertiary/aromatic N) is 2.